The van der Waals surface area contributed by atoms with Crippen molar-refractivity contribution in [3.63, 3.8) is 0 Å². The molecule has 0 atom stereocenters. The van der Waals surface area contributed by atoms with Crippen LogP contribution in [0.15, 0.2) is 71.6 Å². The zero-order chi connectivity index (χ0) is 23.1. The molecule has 1 amide bonds. The van der Waals surface area contributed by atoms with Gasteiger partial charge in [0.2, 0.25) is 0 Å². The fraction of sp³-hybridized carbons (Fsp3) is 0.0909. The van der Waals surface area contributed by atoms with E-state index in [4.69, 9.17) is 26.3 Å². The second-order valence-corrected chi connectivity index (χ2v) is 8.55. The van der Waals surface area contributed by atoms with Crippen LogP contribution in [0, 0.1) is 11.3 Å². The average molecular weight is 472 g/mol. The van der Waals surface area contributed by atoms with Gasteiger partial charge in [-0.1, -0.05) is 17.7 Å². The summed E-state index contributed by atoms with van der Waals surface area (Å²) in [5.74, 6) is 0.324. The highest BCUT2D eigenvalue weighted by Gasteiger charge is 2.15. The van der Waals surface area contributed by atoms with Crippen molar-refractivity contribution in [1.82, 2.24) is 0 Å². The van der Waals surface area contributed by atoms with Crippen molar-refractivity contribution in [2.45, 2.75) is 4.90 Å². The van der Waals surface area contributed by atoms with Gasteiger partial charge in [0, 0.05) is 5.69 Å². The largest absolute Gasteiger partial charge is 0.495 e. The Kier molecular flexibility index (Phi) is 7.20. The predicted molar refractivity (Wildman–Crippen MR) is 121 cm³/mol. The summed E-state index contributed by atoms with van der Waals surface area (Å²) in [6.07, 6.45) is 0. The molecule has 2 N–H and O–H groups in total. The maximum absolute atomic E-state index is 12.6. The van der Waals surface area contributed by atoms with Crippen molar-refractivity contribution in [3.8, 4) is 17.6 Å². The molecular weight excluding hydrogens is 454 g/mol. The lowest BCUT2D eigenvalue weighted by molar-refractivity contribution is -0.118. The highest BCUT2D eigenvalue weighted by molar-refractivity contribution is 7.92. The SMILES string of the molecule is COc1ccc(NS(=O)(=O)c2ccc(OCC(=O)Nc3cccc(C#N)c3)cc2)cc1Cl. The molecule has 0 aromatic heterocycles. The second-order valence-electron chi connectivity index (χ2n) is 6.46. The second kappa shape index (κ2) is 10.0. The summed E-state index contributed by atoms with van der Waals surface area (Å²) in [6.45, 7) is -0.286. The topological polar surface area (TPSA) is 118 Å². The lowest BCUT2D eigenvalue weighted by Gasteiger charge is -2.11. The molecule has 0 fully saturated rings. The Morgan fingerprint density at radius 2 is 1.81 bits per heavy atom. The van der Waals surface area contributed by atoms with Crippen LogP contribution in [0.2, 0.25) is 5.02 Å². The molecule has 3 aromatic carbocycles. The number of hydrogen-bond donors (Lipinski definition) is 2. The number of sulfonamides is 1. The van der Waals surface area contributed by atoms with Crippen LogP contribution >= 0.6 is 11.6 Å². The third-order valence-electron chi connectivity index (χ3n) is 4.18. The van der Waals surface area contributed by atoms with Gasteiger partial charge in [0.25, 0.3) is 15.9 Å². The van der Waals surface area contributed by atoms with Crippen molar-refractivity contribution >= 4 is 38.9 Å². The van der Waals surface area contributed by atoms with Gasteiger partial charge in [0.15, 0.2) is 6.61 Å². The Morgan fingerprint density at radius 3 is 2.47 bits per heavy atom. The number of nitriles is 1. The monoisotopic (exact) mass is 471 g/mol. The first-order valence-electron chi connectivity index (χ1n) is 9.20. The van der Waals surface area contributed by atoms with Gasteiger partial charge in [0.1, 0.15) is 11.5 Å². The molecule has 32 heavy (non-hydrogen) atoms. The Bertz CT molecular complexity index is 1270. The quantitative estimate of drug-likeness (QED) is 0.512. The van der Waals surface area contributed by atoms with E-state index in [2.05, 4.69) is 10.0 Å². The normalized spacial score (nSPS) is 10.7. The van der Waals surface area contributed by atoms with E-state index in [0.717, 1.165) is 0 Å². The summed E-state index contributed by atoms with van der Waals surface area (Å²) in [7, 11) is -2.39. The molecule has 0 unspecified atom stereocenters. The van der Waals surface area contributed by atoms with Gasteiger partial charge >= 0.3 is 0 Å². The summed E-state index contributed by atoms with van der Waals surface area (Å²) in [5, 5.41) is 11.8. The predicted octanol–water partition coefficient (Wildman–Crippen LogP) is 4.04. The van der Waals surface area contributed by atoms with Crippen LogP contribution in [0.4, 0.5) is 11.4 Å². The number of methoxy groups -OCH3 is 1. The lowest BCUT2D eigenvalue weighted by Crippen LogP contribution is -2.20. The van der Waals surface area contributed by atoms with Gasteiger partial charge < -0.3 is 14.8 Å². The molecule has 3 rings (SSSR count). The number of amides is 1. The maximum Gasteiger partial charge on any atom is 0.262 e. The smallest absolute Gasteiger partial charge is 0.262 e. The fourth-order valence-electron chi connectivity index (χ4n) is 2.67. The molecule has 10 heteroatoms. The van der Waals surface area contributed by atoms with Crippen LogP contribution < -0.4 is 19.5 Å². The van der Waals surface area contributed by atoms with Crippen molar-refractivity contribution in [1.29, 1.82) is 5.26 Å². The van der Waals surface area contributed by atoms with E-state index in [0.29, 0.717) is 22.7 Å². The molecule has 8 nitrogen and oxygen atoms in total. The zero-order valence-corrected chi connectivity index (χ0v) is 18.4. The summed E-state index contributed by atoms with van der Waals surface area (Å²) in [5.41, 5.74) is 1.18. The summed E-state index contributed by atoms with van der Waals surface area (Å²) in [4.78, 5) is 12.1. The first-order valence-corrected chi connectivity index (χ1v) is 11.1. The number of benzene rings is 3. The Morgan fingerprint density at radius 1 is 1.06 bits per heavy atom. The van der Waals surface area contributed by atoms with Crippen LogP contribution in [0.3, 0.4) is 0 Å². The molecule has 0 heterocycles. The fourth-order valence-corrected chi connectivity index (χ4v) is 3.98. The number of carbonyl (C=O) groups excluding carboxylic acids is 1. The van der Waals surface area contributed by atoms with E-state index in [-0.39, 0.29) is 22.2 Å². The minimum absolute atomic E-state index is 0.00885. The third-order valence-corrected chi connectivity index (χ3v) is 5.88. The number of ether oxygens (including phenoxy) is 2. The van der Waals surface area contributed by atoms with Crippen LogP contribution in [-0.2, 0) is 14.8 Å². The van der Waals surface area contributed by atoms with Gasteiger partial charge in [-0.2, -0.15) is 5.26 Å². The Balaban J connectivity index is 1.59. The zero-order valence-electron chi connectivity index (χ0n) is 16.8. The minimum atomic E-state index is -3.86. The lowest BCUT2D eigenvalue weighted by atomic mass is 10.2. The van der Waals surface area contributed by atoms with Crippen molar-refractivity contribution in [3.05, 3.63) is 77.3 Å². The number of hydrogen-bond acceptors (Lipinski definition) is 6. The van der Waals surface area contributed by atoms with Gasteiger partial charge in [-0.25, -0.2) is 8.42 Å². The third kappa shape index (κ3) is 5.91. The number of carbonyl (C=O) groups is 1. The minimum Gasteiger partial charge on any atom is -0.495 e. The van der Waals surface area contributed by atoms with Crippen molar-refractivity contribution in [2.24, 2.45) is 0 Å². The summed E-state index contributed by atoms with van der Waals surface area (Å²) >= 11 is 6.03. The molecular formula is C22H18ClN3O5S. The molecule has 0 bridgehead atoms. The van der Waals surface area contributed by atoms with Gasteiger partial charge in [-0.3, -0.25) is 9.52 Å². The molecule has 3 aromatic rings. The molecule has 0 saturated carbocycles. The van der Waals surface area contributed by atoms with E-state index < -0.39 is 15.9 Å². The number of nitrogens with zero attached hydrogens (tertiary/aromatic N) is 1. The average Bonchev–Trinajstić information content (AvgIpc) is 2.78. The highest BCUT2D eigenvalue weighted by Crippen LogP contribution is 2.28. The van der Waals surface area contributed by atoms with E-state index >= 15 is 0 Å². The van der Waals surface area contributed by atoms with Crippen LogP contribution in [0.1, 0.15) is 5.56 Å². The van der Waals surface area contributed by atoms with Gasteiger partial charge in [0.05, 0.1) is 34.3 Å². The van der Waals surface area contributed by atoms with Crippen LogP contribution in [0.5, 0.6) is 11.5 Å². The highest BCUT2D eigenvalue weighted by atomic mass is 35.5. The first-order chi connectivity index (χ1) is 15.3. The van der Waals surface area contributed by atoms with Crippen molar-refractivity contribution in [2.75, 3.05) is 23.8 Å². The number of anilines is 2. The molecule has 0 aliphatic carbocycles. The molecule has 164 valence electrons. The standard InChI is InChI=1S/C22H18ClN3O5S/c1-30-21-10-5-17(12-20(21)23)26-32(28,29)19-8-6-18(7-9-19)31-14-22(27)25-16-4-2-3-15(11-16)13-24/h2-12,26H,14H2,1H3,(H,25,27). The number of rotatable bonds is 8. The molecule has 0 saturated heterocycles. The molecule has 0 spiro atoms. The van der Waals surface area contributed by atoms with Crippen molar-refractivity contribution < 1.29 is 22.7 Å². The van der Waals surface area contributed by atoms with Gasteiger partial charge in [-0.05, 0) is 60.7 Å². The number of nitrogens with one attached hydrogen (secondary N) is 2. The molecule has 0 radical (unpaired) electrons. The van der Waals surface area contributed by atoms with Gasteiger partial charge in [-0.15, -0.1) is 0 Å². The Hall–Kier alpha value is -3.74. The van der Waals surface area contributed by atoms with E-state index in [1.165, 1.54) is 43.5 Å². The first kappa shape index (κ1) is 22.9. The number of halogens is 1. The molecule has 0 aliphatic rings. The van der Waals surface area contributed by atoms with Crippen LogP contribution in [-0.4, -0.2) is 28.0 Å². The maximum atomic E-state index is 12.6. The summed E-state index contributed by atoms with van der Waals surface area (Å²) in [6, 6.07) is 18.6. The van der Waals surface area contributed by atoms with E-state index in [1.54, 1.807) is 30.3 Å². The van der Waals surface area contributed by atoms with E-state index in [1.807, 2.05) is 6.07 Å². The Labute approximate surface area is 190 Å². The summed E-state index contributed by atoms with van der Waals surface area (Å²) < 4.78 is 38.1. The van der Waals surface area contributed by atoms with E-state index in [9.17, 15) is 13.2 Å². The molecule has 0 aliphatic heterocycles. The van der Waals surface area contributed by atoms with Crippen LogP contribution in [0.25, 0.3) is 0 Å².